The van der Waals surface area contributed by atoms with Crippen LogP contribution in [0.1, 0.15) is 26.7 Å². The maximum Gasteiger partial charge on any atom is 0.0594 e. The van der Waals surface area contributed by atoms with Gasteiger partial charge in [-0.1, -0.05) is 13.0 Å². The van der Waals surface area contributed by atoms with Crippen LogP contribution >= 0.6 is 0 Å². The number of nitrogens with zero attached hydrogens (tertiary/aromatic N) is 1. The molecule has 1 rings (SSSR count). The highest BCUT2D eigenvalue weighted by Gasteiger charge is 2.37. The monoisotopic (exact) mass is 227 g/mol. The Labute approximate surface area is 98.8 Å². The molecule has 1 aliphatic rings. The standard InChI is InChI=1S/C12H25N3O/c1-4-6-11(14-13)12(3,5-2)15-7-9-16-10-8-15/h4,11,14H,1,5-10,13H2,2-3H3. The molecule has 0 radical (unpaired) electrons. The van der Waals surface area contributed by atoms with Crippen molar-refractivity contribution in [3.8, 4) is 0 Å². The summed E-state index contributed by atoms with van der Waals surface area (Å²) in [5.41, 5.74) is 3.01. The zero-order valence-corrected chi connectivity index (χ0v) is 10.5. The van der Waals surface area contributed by atoms with Crippen molar-refractivity contribution in [3.05, 3.63) is 12.7 Å². The molecule has 16 heavy (non-hydrogen) atoms. The van der Waals surface area contributed by atoms with E-state index in [9.17, 15) is 0 Å². The highest BCUT2D eigenvalue weighted by atomic mass is 16.5. The zero-order valence-electron chi connectivity index (χ0n) is 10.5. The van der Waals surface area contributed by atoms with Gasteiger partial charge in [0.25, 0.3) is 0 Å². The third kappa shape index (κ3) is 2.83. The van der Waals surface area contributed by atoms with Crippen LogP contribution < -0.4 is 11.3 Å². The first-order valence-corrected chi connectivity index (χ1v) is 6.08. The van der Waals surface area contributed by atoms with Crippen LogP contribution in [0.15, 0.2) is 12.7 Å². The number of nitrogens with one attached hydrogen (secondary N) is 1. The van der Waals surface area contributed by atoms with Crippen LogP contribution in [0.3, 0.4) is 0 Å². The third-order valence-electron chi connectivity index (χ3n) is 3.80. The average molecular weight is 227 g/mol. The SMILES string of the molecule is C=CCC(NN)C(C)(CC)N1CCOCC1. The van der Waals surface area contributed by atoms with Gasteiger partial charge in [-0.2, -0.15) is 0 Å². The highest BCUT2D eigenvalue weighted by Crippen LogP contribution is 2.26. The van der Waals surface area contributed by atoms with Gasteiger partial charge in [0.1, 0.15) is 0 Å². The number of hydrazine groups is 1. The van der Waals surface area contributed by atoms with E-state index in [1.807, 2.05) is 6.08 Å². The molecule has 2 atom stereocenters. The predicted octanol–water partition coefficient (Wildman–Crippen LogP) is 0.895. The minimum Gasteiger partial charge on any atom is -0.379 e. The molecule has 0 amide bonds. The van der Waals surface area contributed by atoms with E-state index in [2.05, 4.69) is 30.8 Å². The summed E-state index contributed by atoms with van der Waals surface area (Å²) in [6.45, 7) is 11.9. The number of nitrogens with two attached hydrogens (primary N) is 1. The molecule has 1 heterocycles. The van der Waals surface area contributed by atoms with E-state index in [-0.39, 0.29) is 11.6 Å². The van der Waals surface area contributed by atoms with Crippen LogP contribution in [0.2, 0.25) is 0 Å². The topological polar surface area (TPSA) is 50.5 Å². The van der Waals surface area contributed by atoms with Crippen LogP contribution in [-0.2, 0) is 4.74 Å². The van der Waals surface area contributed by atoms with Crippen molar-refractivity contribution in [3.63, 3.8) is 0 Å². The number of ether oxygens (including phenoxy) is 1. The molecule has 1 aliphatic heterocycles. The summed E-state index contributed by atoms with van der Waals surface area (Å²) in [6.07, 6.45) is 3.88. The first-order chi connectivity index (χ1) is 7.69. The van der Waals surface area contributed by atoms with Gasteiger partial charge in [-0.15, -0.1) is 6.58 Å². The fourth-order valence-corrected chi connectivity index (χ4v) is 2.43. The van der Waals surface area contributed by atoms with Gasteiger partial charge < -0.3 is 4.74 Å². The van der Waals surface area contributed by atoms with E-state index in [1.165, 1.54) is 0 Å². The number of hydrogen-bond donors (Lipinski definition) is 2. The first-order valence-electron chi connectivity index (χ1n) is 6.08. The Morgan fingerprint density at radius 2 is 2.19 bits per heavy atom. The Bertz CT molecular complexity index is 216. The highest BCUT2D eigenvalue weighted by molar-refractivity contribution is 4.98. The van der Waals surface area contributed by atoms with Gasteiger partial charge >= 0.3 is 0 Å². The second-order valence-corrected chi connectivity index (χ2v) is 4.55. The normalized spacial score (nSPS) is 23.7. The minimum atomic E-state index is 0.0761. The molecule has 0 saturated carbocycles. The lowest BCUT2D eigenvalue weighted by Gasteiger charge is -2.47. The van der Waals surface area contributed by atoms with E-state index >= 15 is 0 Å². The molecule has 1 fully saturated rings. The molecule has 4 heteroatoms. The maximum absolute atomic E-state index is 5.67. The van der Waals surface area contributed by atoms with Crippen molar-refractivity contribution in [1.29, 1.82) is 0 Å². The van der Waals surface area contributed by atoms with Crippen molar-refractivity contribution in [2.24, 2.45) is 5.84 Å². The van der Waals surface area contributed by atoms with E-state index in [1.54, 1.807) is 0 Å². The van der Waals surface area contributed by atoms with Gasteiger partial charge in [-0.3, -0.25) is 16.2 Å². The lowest BCUT2D eigenvalue weighted by Crippen LogP contribution is -2.62. The maximum atomic E-state index is 5.67. The second kappa shape index (κ2) is 6.35. The summed E-state index contributed by atoms with van der Waals surface area (Å²) in [7, 11) is 0. The summed E-state index contributed by atoms with van der Waals surface area (Å²) in [5.74, 6) is 5.67. The van der Waals surface area contributed by atoms with E-state index in [4.69, 9.17) is 10.6 Å². The van der Waals surface area contributed by atoms with Gasteiger partial charge in [-0.05, 0) is 19.8 Å². The fraction of sp³-hybridized carbons (Fsp3) is 0.833. The van der Waals surface area contributed by atoms with Crippen LogP contribution in [-0.4, -0.2) is 42.8 Å². The molecule has 2 unspecified atom stereocenters. The van der Waals surface area contributed by atoms with Crippen LogP contribution in [0.5, 0.6) is 0 Å². The first kappa shape index (κ1) is 13.6. The van der Waals surface area contributed by atoms with E-state index < -0.39 is 0 Å². The molecule has 0 aliphatic carbocycles. The zero-order chi connectivity index (χ0) is 12.0. The lowest BCUT2D eigenvalue weighted by atomic mass is 9.85. The number of morpholine rings is 1. The number of rotatable bonds is 6. The predicted molar refractivity (Wildman–Crippen MR) is 67.0 cm³/mol. The molecular weight excluding hydrogens is 202 g/mol. The summed E-state index contributed by atoms with van der Waals surface area (Å²) >= 11 is 0. The van der Waals surface area contributed by atoms with Crippen molar-refractivity contribution in [2.75, 3.05) is 26.3 Å². The molecule has 0 bridgehead atoms. The Balaban J connectivity index is 2.75. The molecule has 1 saturated heterocycles. The number of hydrogen-bond acceptors (Lipinski definition) is 4. The molecule has 94 valence electrons. The summed E-state index contributed by atoms with van der Waals surface area (Å²) < 4.78 is 5.40. The molecule has 0 aromatic carbocycles. The molecule has 0 aromatic rings. The Morgan fingerprint density at radius 1 is 1.56 bits per heavy atom. The second-order valence-electron chi connectivity index (χ2n) is 4.55. The quantitative estimate of drug-likeness (QED) is 0.402. The van der Waals surface area contributed by atoms with Crippen molar-refractivity contribution >= 4 is 0 Å². The van der Waals surface area contributed by atoms with Crippen molar-refractivity contribution in [1.82, 2.24) is 10.3 Å². The van der Waals surface area contributed by atoms with Gasteiger partial charge in [0, 0.05) is 24.7 Å². The molecule has 0 aromatic heterocycles. The fourth-order valence-electron chi connectivity index (χ4n) is 2.43. The van der Waals surface area contributed by atoms with Crippen LogP contribution in [0.4, 0.5) is 0 Å². The van der Waals surface area contributed by atoms with Gasteiger partial charge in [-0.25, -0.2) is 0 Å². The smallest absolute Gasteiger partial charge is 0.0594 e. The summed E-state index contributed by atoms with van der Waals surface area (Å²) in [5, 5.41) is 0. The van der Waals surface area contributed by atoms with Gasteiger partial charge in [0.15, 0.2) is 0 Å². The lowest BCUT2D eigenvalue weighted by molar-refractivity contribution is -0.0319. The largest absolute Gasteiger partial charge is 0.379 e. The van der Waals surface area contributed by atoms with E-state index in [0.29, 0.717) is 0 Å². The van der Waals surface area contributed by atoms with Crippen molar-refractivity contribution in [2.45, 2.75) is 38.3 Å². The molecular formula is C12H25N3O. The average Bonchev–Trinajstić information content (AvgIpc) is 2.36. The summed E-state index contributed by atoms with van der Waals surface area (Å²) in [6, 6.07) is 0.244. The third-order valence-corrected chi connectivity index (χ3v) is 3.80. The van der Waals surface area contributed by atoms with Crippen LogP contribution in [0.25, 0.3) is 0 Å². The molecule has 4 nitrogen and oxygen atoms in total. The Morgan fingerprint density at radius 3 is 2.62 bits per heavy atom. The minimum absolute atomic E-state index is 0.0761. The van der Waals surface area contributed by atoms with Gasteiger partial charge in [0.05, 0.1) is 13.2 Å². The van der Waals surface area contributed by atoms with Crippen LogP contribution in [0, 0.1) is 0 Å². The molecule has 0 spiro atoms. The van der Waals surface area contributed by atoms with E-state index in [0.717, 1.165) is 39.1 Å². The van der Waals surface area contributed by atoms with Gasteiger partial charge in [0.2, 0.25) is 0 Å². The Hall–Kier alpha value is -0.420. The molecule has 3 N–H and O–H groups in total. The summed E-state index contributed by atoms with van der Waals surface area (Å²) in [4.78, 5) is 2.48. The van der Waals surface area contributed by atoms with Crippen molar-refractivity contribution < 1.29 is 4.74 Å². The Kier molecular flexibility index (Phi) is 5.41.